The molecule has 0 unspecified atom stereocenters. The number of aromatic nitrogens is 3. The number of hydrogen-bond donors (Lipinski definition) is 1. The number of carboxylic acid groups (broad SMARTS) is 1. The van der Waals surface area contributed by atoms with Crippen LogP contribution in [0, 0.1) is 17.7 Å². The zero-order valence-corrected chi connectivity index (χ0v) is 14.4. The van der Waals surface area contributed by atoms with E-state index in [1.807, 2.05) is 0 Å². The lowest BCUT2D eigenvalue weighted by Crippen LogP contribution is -2.24. The van der Waals surface area contributed by atoms with E-state index in [2.05, 4.69) is 15.0 Å². The molecule has 0 saturated carbocycles. The normalized spacial score (nSPS) is 11.4. The molecule has 138 valence electrons. The Balaban J connectivity index is 2.09. The van der Waals surface area contributed by atoms with Crippen LogP contribution in [0.1, 0.15) is 35.7 Å². The Hall–Kier alpha value is -3.29. The van der Waals surface area contributed by atoms with Crippen molar-refractivity contribution in [2.75, 3.05) is 0 Å². The Bertz CT molecular complexity index is 1040. The number of nitrogens with zero attached hydrogens (tertiary/aromatic N) is 3. The van der Waals surface area contributed by atoms with E-state index < -0.39 is 34.8 Å². The van der Waals surface area contributed by atoms with Crippen molar-refractivity contribution < 1.29 is 23.1 Å². The van der Waals surface area contributed by atoms with Crippen LogP contribution in [0.2, 0.25) is 0 Å². The summed E-state index contributed by atoms with van der Waals surface area (Å²) in [5.74, 6) is -4.05. The smallest absolute Gasteiger partial charge is 0.354 e. The molecule has 0 radical (unpaired) electrons. The van der Waals surface area contributed by atoms with E-state index in [1.165, 1.54) is 12.1 Å². The van der Waals surface area contributed by atoms with Gasteiger partial charge in [-0.25, -0.2) is 14.2 Å². The lowest BCUT2D eigenvalue weighted by atomic mass is 9.84. The highest BCUT2D eigenvalue weighted by Crippen LogP contribution is 2.31. The van der Waals surface area contributed by atoms with Gasteiger partial charge in [-0.15, -0.1) is 0 Å². The van der Waals surface area contributed by atoms with Crippen LogP contribution < -0.4 is 0 Å². The third-order valence-electron chi connectivity index (χ3n) is 4.13. The fraction of sp³-hybridized carbons (Fsp3) is 0.158. The molecule has 27 heavy (non-hydrogen) atoms. The summed E-state index contributed by atoms with van der Waals surface area (Å²) < 4.78 is 40.8. The monoisotopic (exact) mass is 373 g/mol. The van der Waals surface area contributed by atoms with E-state index >= 15 is 0 Å². The van der Waals surface area contributed by atoms with Gasteiger partial charge in [-0.1, -0.05) is 6.07 Å². The van der Waals surface area contributed by atoms with Gasteiger partial charge in [0, 0.05) is 11.5 Å². The van der Waals surface area contributed by atoms with Crippen molar-refractivity contribution in [3.8, 4) is 11.3 Å². The number of aromatic carboxylic acids is 1. The molecule has 0 fully saturated rings. The molecule has 0 saturated heterocycles. The molecule has 3 aromatic rings. The SMILES string of the molecule is CC(C)(c1cc(F)cc(C(=O)O)n1)c1cccc(-c2ccc(F)nc2F)n1. The van der Waals surface area contributed by atoms with Gasteiger partial charge in [-0.2, -0.15) is 13.8 Å². The highest BCUT2D eigenvalue weighted by atomic mass is 19.1. The van der Waals surface area contributed by atoms with E-state index in [9.17, 15) is 18.0 Å². The summed E-state index contributed by atoms with van der Waals surface area (Å²) in [5, 5.41) is 9.09. The second-order valence-electron chi connectivity index (χ2n) is 6.37. The van der Waals surface area contributed by atoms with Crippen molar-refractivity contribution >= 4 is 5.97 Å². The summed E-state index contributed by atoms with van der Waals surface area (Å²) in [6.07, 6.45) is 0. The fourth-order valence-electron chi connectivity index (χ4n) is 2.59. The van der Waals surface area contributed by atoms with E-state index in [-0.39, 0.29) is 17.0 Å². The maximum absolute atomic E-state index is 14.0. The molecule has 0 spiro atoms. The molecule has 3 aromatic heterocycles. The minimum Gasteiger partial charge on any atom is -0.477 e. The van der Waals surface area contributed by atoms with Crippen molar-refractivity contribution in [2.24, 2.45) is 0 Å². The highest BCUT2D eigenvalue weighted by molar-refractivity contribution is 5.85. The molecule has 0 bridgehead atoms. The van der Waals surface area contributed by atoms with Crippen LogP contribution in [0.25, 0.3) is 11.3 Å². The molecule has 0 aromatic carbocycles. The van der Waals surface area contributed by atoms with E-state index in [0.717, 1.165) is 18.2 Å². The zero-order valence-electron chi connectivity index (χ0n) is 14.4. The predicted molar refractivity (Wildman–Crippen MR) is 90.7 cm³/mol. The molecule has 0 aliphatic carbocycles. The molecule has 0 aliphatic heterocycles. The Kier molecular flexibility index (Phi) is 4.65. The van der Waals surface area contributed by atoms with Crippen LogP contribution in [0.4, 0.5) is 13.2 Å². The number of carboxylic acids is 1. The Morgan fingerprint density at radius 2 is 1.70 bits per heavy atom. The molecule has 0 amide bonds. The molecule has 8 heteroatoms. The Morgan fingerprint density at radius 3 is 2.37 bits per heavy atom. The van der Waals surface area contributed by atoms with Crippen LogP contribution in [-0.2, 0) is 5.41 Å². The van der Waals surface area contributed by atoms with Gasteiger partial charge < -0.3 is 5.11 Å². The third-order valence-corrected chi connectivity index (χ3v) is 4.13. The quantitative estimate of drug-likeness (QED) is 0.700. The molecule has 1 N–H and O–H groups in total. The summed E-state index contributed by atoms with van der Waals surface area (Å²) in [5.41, 5.74) is -0.636. The van der Waals surface area contributed by atoms with Gasteiger partial charge in [0.1, 0.15) is 5.82 Å². The van der Waals surface area contributed by atoms with Crippen LogP contribution in [0.3, 0.4) is 0 Å². The van der Waals surface area contributed by atoms with Gasteiger partial charge in [0.05, 0.1) is 22.6 Å². The van der Waals surface area contributed by atoms with Gasteiger partial charge in [-0.05, 0) is 44.2 Å². The topological polar surface area (TPSA) is 76.0 Å². The average Bonchev–Trinajstić information content (AvgIpc) is 2.61. The minimum absolute atomic E-state index is 0.00692. The summed E-state index contributed by atoms with van der Waals surface area (Å²) in [6, 6.07) is 8.96. The highest BCUT2D eigenvalue weighted by Gasteiger charge is 2.29. The summed E-state index contributed by atoms with van der Waals surface area (Å²) in [6.45, 7) is 3.37. The number of carbonyl (C=O) groups is 1. The average molecular weight is 373 g/mol. The molecule has 3 heterocycles. The molecular weight excluding hydrogens is 359 g/mol. The largest absolute Gasteiger partial charge is 0.477 e. The number of rotatable bonds is 4. The van der Waals surface area contributed by atoms with Crippen LogP contribution >= 0.6 is 0 Å². The standard InChI is InChI=1S/C19H14F3N3O2/c1-19(2,15-9-10(20)8-13(24-15)18(26)27)14-5-3-4-12(23-14)11-6-7-16(21)25-17(11)22/h3-9H,1-2H3,(H,26,27). The summed E-state index contributed by atoms with van der Waals surface area (Å²) in [4.78, 5) is 22.7. The van der Waals surface area contributed by atoms with Gasteiger partial charge >= 0.3 is 5.97 Å². The van der Waals surface area contributed by atoms with Gasteiger partial charge in [0.25, 0.3) is 0 Å². The molecule has 3 rings (SSSR count). The second-order valence-corrected chi connectivity index (χ2v) is 6.37. The first-order valence-corrected chi connectivity index (χ1v) is 7.90. The fourth-order valence-corrected chi connectivity index (χ4v) is 2.59. The van der Waals surface area contributed by atoms with E-state index in [1.54, 1.807) is 26.0 Å². The molecular formula is C19H14F3N3O2. The van der Waals surface area contributed by atoms with Gasteiger partial charge in [0.15, 0.2) is 5.69 Å². The predicted octanol–water partition coefficient (Wildman–Crippen LogP) is 3.98. The number of pyridine rings is 3. The molecule has 0 aliphatic rings. The first-order valence-electron chi connectivity index (χ1n) is 7.90. The van der Waals surface area contributed by atoms with Crippen LogP contribution in [-0.4, -0.2) is 26.0 Å². The Labute approximate surface area is 152 Å². The van der Waals surface area contributed by atoms with Crippen molar-refractivity contribution in [1.82, 2.24) is 15.0 Å². The Morgan fingerprint density at radius 1 is 0.963 bits per heavy atom. The lowest BCUT2D eigenvalue weighted by molar-refractivity contribution is 0.0689. The summed E-state index contributed by atoms with van der Waals surface area (Å²) >= 11 is 0. The number of hydrogen-bond acceptors (Lipinski definition) is 4. The van der Waals surface area contributed by atoms with Crippen molar-refractivity contribution in [2.45, 2.75) is 19.3 Å². The molecule has 5 nitrogen and oxygen atoms in total. The van der Waals surface area contributed by atoms with Gasteiger partial charge in [-0.3, -0.25) is 4.98 Å². The first-order chi connectivity index (χ1) is 12.7. The number of halogens is 3. The third kappa shape index (κ3) is 3.64. The lowest BCUT2D eigenvalue weighted by Gasteiger charge is -2.24. The van der Waals surface area contributed by atoms with Gasteiger partial charge in [0.2, 0.25) is 11.9 Å². The van der Waals surface area contributed by atoms with Crippen molar-refractivity contribution in [3.63, 3.8) is 0 Å². The minimum atomic E-state index is -1.35. The maximum Gasteiger partial charge on any atom is 0.354 e. The summed E-state index contributed by atoms with van der Waals surface area (Å²) in [7, 11) is 0. The van der Waals surface area contributed by atoms with E-state index in [0.29, 0.717) is 5.69 Å². The van der Waals surface area contributed by atoms with E-state index in [4.69, 9.17) is 5.11 Å². The molecule has 0 atom stereocenters. The zero-order chi connectivity index (χ0) is 19.8. The second kappa shape index (κ2) is 6.79. The van der Waals surface area contributed by atoms with Crippen LogP contribution in [0.15, 0.2) is 42.5 Å². The van der Waals surface area contributed by atoms with Crippen LogP contribution in [0.5, 0.6) is 0 Å². The van der Waals surface area contributed by atoms with Crippen molar-refractivity contribution in [1.29, 1.82) is 0 Å². The maximum atomic E-state index is 14.0. The van der Waals surface area contributed by atoms with Crippen molar-refractivity contribution in [3.05, 3.63) is 77.3 Å². The first kappa shape index (κ1) is 18.5.